The predicted molar refractivity (Wildman–Crippen MR) is 134 cm³/mol. The first-order chi connectivity index (χ1) is 17.2. The van der Waals surface area contributed by atoms with Gasteiger partial charge in [0.1, 0.15) is 39.8 Å². The van der Waals surface area contributed by atoms with Gasteiger partial charge in [0.15, 0.2) is 11.5 Å². The van der Waals surface area contributed by atoms with E-state index in [1.807, 2.05) is 60.9 Å². The quantitative estimate of drug-likeness (QED) is 0.242. The number of nitrogens with one attached hydrogen (secondary N) is 1. The van der Waals surface area contributed by atoms with Gasteiger partial charge < -0.3 is 10.1 Å². The Morgan fingerprint density at radius 2 is 1.57 bits per heavy atom. The van der Waals surface area contributed by atoms with E-state index in [4.69, 9.17) is 4.74 Å². The lowest BCUT2D eigenvalue weighted by Crippen LogP contribution is -2.03. The van der Waals surface area contributed by atoms with Crippen molar-refractivity contribution in [2.45, 2.75) is 5.03 Å². The van der Waals surface area contributed by atoms with Gasteiger partial charge in [-0.3, -0.25) is 4.98 Å². The van der Waals surface area contributed by atoms with Crippen LogP contribution in [0.3, 0.4) is 0 Å². The normalized spacial score (nSPS) is 10.5. The number of nitrogens with zero attached hydrogens (tertiary/aromatic N) is 6. The molecule has 0 amide bonds. The summed E-state index contributed by atoms with van der Waals surface area (Å²) in [6.45, 7) is 0. The van der Waals surface area contributed by atoms with Gasteiger partial charge >= 0.3 is 0 Å². The first-order valence-corrected chi connectivity index (χ1v) is 11.8. The fraction of sp³-hybridized carbons (Fsp3) is 0.0385. The van der Waals surface area contributed by atoms with E-state index >= 15 is 0 Å². The number of aromatic nitrogens is 4. The van der Waals surface area contributed by atoms with Gasteiger partial charge in [-0.05, 0) is 42.7 Å². The second kappa shape index (κ2) is 9.56. The van der Waals surface area contributed by atoms with Crippen LogP contribution in [-0.2, 0) is 0 Å². The Bertz CT molecular complexity index is 1590. The van der Waals surface area contributed by atoms with E-state index < -0.39 is 0 Å². The van der Waals surface area contributed by atoms with Crippen molar-refractivity contribution in [1.29, 1.82) is 10.5 Å². The second-order valence-corrected chi connectivity index (χ2v) is 8.12. The topological polar surface area (TPSA) is 112 Å². The van der Waals surface area contributed by atoms with Crippen LogP contribution in [0.2, 0.25) is 0 Å². The Morgan fingerprint density at radius 1 is 0.886 bits per heavy atom. The molecule has 5 rings (SSSR count). The molecule has 168 valence electrons. The Labute approximate surface area is 205 Å². The number of nitriles is 2. The van der Waals surface area contributed by atoms with Crippen molar-refractivity contribution in [2.75, 3.05) is 11.6 Å². The number of pyridine rings is 1. The van der Waals surface area contributed by atoms with E-state index in [1.165, 1.54) is 11.8 Å². The molecule has 5 aromatic rings. The standard InChI is InChI=1S/C26H17N7OS/c1-35-26-21(15-27)23(17-5-3-2-4-6-17)33-25(31-26)22(16-28)24(32-33)30-18-7-9-19(10-8-18)34-20-11-13-29-14-12-20/h2-14H,1H3,(H,30,32). The van der Waals surface area contributed by atoms with Crippen molar-refractivity contribution in [1.82, 2.24) is 19.6 Å². The summed E-state index contributed by atoms with van der Waals surface area (Å²) >= 11 is 1.36. The molecular weight excluding hydrogens is 458 g/mol. The van der Waals surface area contributed by atoms with Gasteiger partial charge in [0.2, 0.25) is 0 Å². The number of rotatable bonds is 6. The van der Waals surface area contributed by atoms with E-state index in [0.717, 1.165) is 11.3 Å². The Kier molecular flexibility index (Phi) is 6.00. The molecule has 0 saturated heterocycles. The number of benzene rings is 2. The highest BCUT2D eigenvalue weighted by molar-refractivity contribution is 7.98. The minimum absolute atomic E-state index is 0.291. The lowest BCUT2D eigenvalue weighted by Gasteiger charge is -2.10. The zero-order chi connectivity index (χ0) is 24.2. The summed E-state index contributed by atoms with van der Waals surface area (Å²) in [5, 5.41) is 28.3. The molecule has 0 saturated carbocycles. The lowest BCUT2D eigenvalue weighted by molar-refractivity contribution is 0.482. The molecule has 3 heterocycles. The molecular formula is C26H17N7OS. The summed E-state index contributed by atoms with van der Waals surface area (Å²) in [6, 6.07) is 24.8. The van der Waals surface area contributed by atoms with Crippen LogP contribution in [0, 0.1) is 22.7 Å². The molecule has 8 nitrogen and oxygen atoms in total. The fourth-order valence-electron chi connectivity index (χ4n) is 3.61. The van der Waals surface area contributed by atoms with E-state index in [2.05, 4.69) is 32.5 Å². The molecule has 0 bridgehead atoms. The molecule has 0 unspecified atom stereocenters. The first kappa shape index (κ1) is 22.0. The van der Waals surface area contributed by atoms with Crippen LogP contribution in [-0.4, -0.2) is 25.8 Å². The van der Waals surface area contributed by atoms with Gasteiger partial charge in [-0.1, -0.05) is 30.3 Å². The highest BCUT2D eigenvalue weighted by Gasteiger charge is 2.23. The number of thioether (sulfide) groups is 1. The average molecular weight is 476 g/mol. The minimum Gasteiger partial charge on any atom is -0.457 e. The van der Waals surface area contributed by atoms with Gasteiger partial charge in [0.25, 0.3) is 0 Å². The van der Waals surface area contributed by atoms with Gasteiger partial charge in [-0.25, -0.2) is 9.50 Å². The van der Waals surface area contributed by atoms with Crippen molar-refractivity contribution in [2.24, 2.45) is 0 Å². The SMILES string of the molecule is CSc1nc2c(C#N)c(Nc3ccc(Oc4ccncc4)cc3)nn2c(-c2ccccc2)c1C#N. The van der Waals surface area contributed by atoms with Crippen molar-refractivity contribution < 1.29 is 4.74 Å². The van der Waals surface area contributed by atoms with Crippen LogP contribution in [0.4, 0.5) is 11.5 Å². The Morgan fingerprint density at radius 3 is 2.23 bits per heavy atom. The number of anilines is 2. The zero-order valence-electron chi connectivity index (χ0n) is 18.5. The number of hydrogen-bond acceptors (Lipinski definition) is 8. The van der Waals surface area contributed by atoms with E-state index in [0.29, 0.717) is 44.8 Å². The molecule has 0 atom stereocenters. The van der Waals surface area contributed by atoms with Crippen molar-refractivity contribution in [3.8, 4) is 34.9 Å². The predicted octanol–water partition coefficient (Wildman–Crippen LogP) is 5.79. The fourth-order valence-corrected chi connectivity index (χ4v) is 4.14. The van der Waals surface area contributed by atoms with Crippen LogP contribution < -0.4 is 10.1 Å². The average Bonchev–Trinajstić information content (AvgIpc) is 3.26. The molecule has 35 heavy (non-hydrogen) atoms. The molecule has 0 aliphatic rings. The summed E-state index contributed by atoms with van der Waals surface area (Å²) in [6.07, 6.45) is 5.18. The third-order valence-electron chi connectivity index (χ3n) is 5.20. The van der Waals surface area contributed by atoms with Crippen LogP contribution in [0.5, 0.6) is 11.5 Å². The number of hydrogen-bond donors (Lipinski definition) is 1. The Hall–Kier alpha value is -4.86. The molecule has 0 aliphatic heterocycles. The Balaban J connectivity index is 1.56. The zero-order valence-corrected chi connectivity index (χ0v) is 19.3. The van der Waals surface area contributed by atoms with Gasteiger partial charge in [0.05, 0.1) is 5.69 Å². The number of ether oxygens (including phenoxy) is 1. The highest BCUT2D eigenvalue weighted by Crippen LogP contribution is 2.33. The van der Waals surface area contributed by atoms with Crippen LogP contribution in [0.15, 0.2) is 84.1 Å². The largest absolute Gasteiger partial charge is 0.457 e. The second-order valence-electron chi connectivity index (χ2n) is 7.33. The summed E-state index contributed by atoms with van der Waals surface area (Å²) < 4.78 is 7.37. The smallest absolute Gasteiger partial charge is 0.177 e. The summed E-state index contributed by atoms with van der Waals surface area (Å²) in [5.41, 5.74) is 3.20. The molecule has 0 fully saturated rings. The molecule has 3 aromatic heterocycles. The lowest BCUT2D eigenvalue weighted by atomic mass is 10.1. The highest BCUT2D eigenvalue weighted by atomic mass is 32.2. The van der Waals surface area contributed by atoms with Crippen LogP contribution in [0.1, 0.15) is 11.1 Å². The minimum atomic E-state index is 0.291. The molecule has 2 aromatic carbocycles. The third kappa shape index (κ3) is 4.24. The van der Waals surface area contributed by atoms with Gasteiger partial charge in [-0.15, -0.1) is 16.9 Å². The molecule has 0 aliphatic carbocycles. The number of fused-ring (bicyclic) bond motifs is 1. The maximum atomic E-state index is 9.96. The summed E-state index contributed by atoms with van der Waals surface area (Å²) in [7, 11) is 0. The third-order valence-corrected chi connectivity index (χ3v) is 5.88. The van der Waals surface area contributed by atoms with Crippen LogP contribution in [0.25, 0.3) is 16.9 Å². The molecule has 9 heteroatoms. The van der Waals surface area contributed by atoms with Gasteiger partial charge in [-0.2, -0.15) is 10.5 Å². The molecule has 1 N–H and O–H groups in total. The summed E-state index contributed by atoms with van der Waals surface area (Å²) in [5.74, 6) is 1.70. The maximum absolute atomic E-state index is 9.96. The van der Waals surface area contributed by atoms with E-state index in [1.54, 1.807) is 29.0 Å². The van der Waals surface area contributed by atoms with Crippen LogP contribution >= 0.6 is 11.8 Å². The van der Waals surface area contributed by atoms with Crippen molar-refractivity contribution >= 4 is 28.9 Å². The molecule has 0 spiro atoms. The maximum Gasteiger partial charge on any atom is 0.177 e. The van der Waals surface area contributed by atoms with Crippen molar-refractivity contribution in [3.63, 3.8) is 0 Å². The molecule has 0 radical (unpaired) electrons. The van der Waals surface area contributed by atoms with Gasteiger partial charge in [0, 0.05) is 23.6 Å². The van der Waals surface area contributed by atoms with E-state index in [9.17, 15) is 10.5 Å². The first-order valence-electron chi connectivity index (χ1n) is 10.5. The monoisotopic (exact) mass is 475 g/mol. The van der Waals surface area contributed by atoms with Crippen molar-refractivity contribution in [3.05, 3.63) is 90.3 Å². The van der Waals surface area contributed by atoms with E-state index in [-0.39, 0.29) is 0 Å². The summed E-state index contributed by atoms with van der Waals surface area (Å²) in [4.78, 5) is 8.58.